The number of rotatable bonds is 12. The molecule has 0 aliphatic rings. The number of nitrogens with zero attached hydrogens (tertiary/aromatic N) is 4. The van der Waals surface area contributed by atoms with Crippen molar-refractivity contribution in [2.45, 2.75) is 58.6 Å². The largest absolute Gasteiger partial charge is 0.482 e. The topological polar surface area (TPSA) is 132 Å². The van der Waals surface area contributed by atoms with Crippen molar-refractivity contribution in [1.29, 1.82) is 0 Å². The number of halogens is 9. The fourth-order valence-corrected chi connectivity index (χ4v) is 4.77. The smallest absolute Gasteiger partial charge is 0.458 e. The Morgan fingerprint density at radius 1 is 1.00 bits per heavy atom. The third kappa shape index (κ3) is 10.8. The summed E-state index contributed by atoms with van der Waals surface area (Å²) in [6, 6.07) is 4.33. The average Bonchev–Trinajstić information content (AvgIpc) is 3.52. The molecule has 0 saturated carbocycles. The van der Waals surface area contributed by atoms with Gasteiger partial charge in [-0.3, -0.25) is 19.1 Å². The Balaban J connectivity index is 0.000000591. The van der Waals surface area contributed by atoms with Gasteiger partial charge in [0.05, 0.1) is 11.2 Å². The number of ketones is 2. The average molecular weight is 746 g/mol. The lowest BCUT2D eigenvalue weighted by Gasteiger charge is -2.25. The Morgan fingerprint density at radius 2 is 1.57 bits per heavy atom. The molecule has 3 rings (SSSR count). The normalized spacial score (nSPS) is 12.6. The number of carbonyl (C=O) groups is 3. The monoisotopic (exact) mass is 744 g/mol. The van der Waals surface area contributed by atoms with E-state index < -0.39 is 41.4 Å². The Bertz CT molecular complexity index is 1620. The van der Waals surface area contributed by atoms with Gasteiger partial charge in [0.2, 0.25) is 5.91 Å². The van der Waals surface area contributed by atoms with Gasteiger partial charge in [0.1, 0.15) is 17.5 Å². The molecular weight excluding hydrogens is 712 g/mol. The first-order valence-electron chi connectivity index (χ1n) is 14.4. The molecule has 0 aliphatic heterocycles. The minimum atomic E-state index is -5.77. The lowest BCUT2D eigenvalue weighted by molar-refractivity contribution is -0.193. The van der Waals surface area contributed by atoms with Crippen LogP contribution in [-0.2, 0) is 19.9 Å². The van der Waals surface area contributed by atoms with Gasteiger partial charge in [-0.1, -0.05) is 37.0 Å². The molecule has 0 aliphatic carbocycles. The standard InChI is InChI=1S/C26H33Cl2FN6O2.C4F6O2/c1-6-34(7-2)11-10-31-25(36)26(4,5)35-15-18(14-33-35)17-12-21(24(30)32-13-17)37-16(3)22-19(27)8-9-20(29)23(22)28;5-3(6,7)1(11)2(12)4(8,9)10/h8-9,12-16H,6-7,10-11H2,1-5H3,(H2,30,32)(H,31,36);. The number of aromatic nitrogens is 3. The van der Waals surface area contributed by atoms with E-state index in [1.54, 1.807) is 50.1 Å². The summed E-state index contributed by atoms with van der Waals surface area (Å²) in [7, 11) is 0. The highest BCUT2D eigenvalue weighted by molar-refractivity contribution is 6.41. The van der Waals surface area contributed by atoms with Crippen LogP contribution in [0.5, 0.6) is 5.75 Å². The molecule has 49 heavy (non-hydrogen) atoms. The summed E-state index contributed by atoms with van der Waals surface area (Å²) in [6.07, 6.45) is -7.24. The van der Waals surface area contributed by atoms with E-state index in [-0.39, 0.29) is 27.5 Å². The number of pyridine rings is 1. The number of hydrogen-bond donors (Lipinski definition) is 2. The number of Topliss-reactive ketones (excluding diaryl/α,β-unsaturated/α-hetero) is 2. The van der Waals surface area contributed by atoms with Crippen LogP contribution in [-0.4, -0.2) is 75.7 Å². The fourth-order valence-electron chi connectivity index (χ4n) is 4.09. The zero-order valence-electron chi connectivity index (χ0n) is 26.8. The Hall–Kier alpha value is -3.96. The third-order valence-corrected chi connectivity index (χ3v) is 7.76. The zero-order chi connectivity index (χ0) is 37.5. The molecule has 1 amide bonds. The van der Waals surface area contributed by atoms with Crippen LogP contribution in [0, 0.1) is 5.82 Å². The third-order valence-electron chi connectivity index (χ3n) is 7.04. The number of amides is 1. The van der Waals surface area contributed by atoms with Crippen molar-refractivity contribution in [3.05, 3.63) is 58.2 Å². The number of nitrogens with two attached hydrogens (primary N) is 1. The number of nitrogens with one attached hydrogen (secondary N) is 1. The van der Waals surface area contributed by atoms with E-state index in [1.165, 1.54) is 12.1 Å². The number of nitrogen functional groups attached to an aromatic ring is 1. The van der Waals surface area contributed by atoms with E-state index in [4.69, 9.17) is 33.7 Å². The van der Waals surface area contributed by atoms with E-state index >= 15 is 0 Å². The van der Waals surface area contributed by atoms with Gasteiger partial charge in [0.25, 0.3) is 0 Å². The lowest BCUT2D eigenvalue weighted by Crippen LogP contribution is -2.46. The first-order chi connectivity index (χ1) is 22.6. The molecule has 3 aromatic rings. The number of benzene rings is 1. The van der Waals surface area contributed by atoms with Crippen molar-refractivity contribution in [2.24, 2.45) is 0 Å². The van der Waals surface area contributed by atoms with Crippen LogP contribution in [0.2, 0.25) is 10.0 Å². The van der Waals surface area contributed by atoms with E-state index in [2.05, 4.69) is 34.1 Å². The molecular formula is C30H33Cl2F7N6O4. The fraction of sp³-hybridized carbons (Fsp3) is 0.433. The number of hydrogen-bond acceptors (Lipinski definition) is 8. The van der Waals surface area contributed by atoms with Crippen LogP contribution in [0.4, 0.5) is 36.6 Å². The molecule has 2 heterocycles. The minimum absolute atomic E-state index is 0.110. The molecule has 1 unspecified atom stereocenters. The molecule has 270 valence electrons. The number of carbonyl (C=O) groups excluding carboxylic acids is 3. The first-order valence-corrected chi connectivity index (χ1v) is 15.2. The van der Waals surface area contributed by atoms with E-state index in [1.807, 2.05) is 0 Å². The highest BCUT2D eigenvalue weighted by Gasteiger charge is 2.54. The number of ether oxygens (including phenoxy) is 1. The van der Waals surface area contributed by atoms with Gasteiger partial charge in [-0.25, -0.2) is 9.37 Å². The van der Waals surface area contributed by atoms with Gasteiger partial charge in [-0.15, -0.1) is 0 Å². The highest BCUT2D eigenvalue weighted by Crippen LogP contribution is 2.37. The van der Waals surface area contributed by atoms with Crippen molar-refractivity contribution >= 4 is 46.5 Å². The second kappa shape index (κ2) is 16.6. The maximum absolute atomic E-state index is 14.0. The Morgan fingerprint density at radius 3 is 2.10 bits per heavy atom. The van der Waals surface area contributed by atoms with Crippen LogP contribution in [0.3, 0.4) is 0 Å². The Labute approximate surface area is 286 Å². The van der Waals surface area contributed by atoms with Crippen LogP contribution in [0.1, 0.15) is 46.3 Å². The van der Waals surface area contributed by atoms with Crippen molar-refractivity contribution in [3.63, 3.8) is 0 Å². The van der Waals surface area contributed by atoms with Crippen molar-refractivity contribution in [1.82, 2.24) is 25.0 Å². The van der Waals surface area contributed by atoms with Crippen molar-refractivity contribution in [2.75, 3.05) is 31.9 Å². The van der Waals surface area contributed by atoms with E-state index in [9.17, 15) is 45.1 Å². The van der Waals surface area contributed by atoms with Crippen LogP contribution in [0.15, 0.2) is 36.8 Å². The van der Waals surface area contributed by atoms with Crippen LogP contribution in [0.25, 0.3) is 11.1 Å². The summed E-state index contributed by atoms with van der Waals surface area (Å²) in [5.41, 5.74) is 6.84. The summed E-state index contributed by atoms with van der Waals surface area (Å²) in [5, 5.41) is 7.59. The minimum Gasteiger partial charge on any atom is -0.482 e. The number of alkyl halides is 6. The maximum atomic E-state index is 14.0. The summed E-state index contributed by atoms with van der Waals surface area (Å²) in [6.45, 7) is 12.7. The number of anilines is 1. The van der Waals surface area contributed by atoms with Gasteiger partial charge >= 0.3 is 23.9 Å². The molecule has 1 atom stereocenters. The summed E-state index contributed by atoms with van der Waals surface area (Å²) >= 11 is 12.4. The Kier molecular flexibility index (Phi) is 14.0. The van der Waals surface area contributed by atoms with Crippen molar-refractivity contribution < 1.29 is 49.9 Å². The molecule has 0 saturated heterocycles. The second-order valence-corrected chi connectivity index (χ2v) is 11.6. The molecule has 3 N–H and O–H groups in total. The molecule has 0 spiro atoms. The molecule has 0 bridgehead atoms. The second-order valence-electron chi connectivity index (χ2n) is 10.8. The molecule has 19 heteroatoms. The van der Waals surface area contributed by atoms with Crippen LogP contribution >= 0.6 is 23.2 Å². The first kappa shape index (κ1) is 41.2. The maximum Gasteiger partial charge on any atom is 0.458 e. The molecule has 0 fully saturated rings. The SMILES string of the molecule is CCN(CC)CCNC(=O)C(C)(C)n1cc(-c2cnc(N)c(OC(C)c3c(Cl)ccc(F)c3Cl)c2)cn1.O=C(C(=O)C(F)(F)F)C(F)(F)F. The summed E-state index contributed by atoms with van der Waals surface area (Å²) in [5.74, 6) is -7.11. The molecule has 1 aromatic carbocycles. The van der Waals surface area contributed by atoms with Gasteiger partial charge < -0.3 is 20.7 Å². The summed E-state index contributed by atoms with van der Waals surface area (Å²) < 4.78 is 88.5. The quantitative estimate of drug-likeness (QED) is 0.121. The number of likely N-dealkylation sites (N-methyl/N-ethyl adjacent to an activating group) is 1. The van der Waals surface area contributed by atoms with E-state index in [0.717, 1.165) is 25.2 Å². The lowest BCUT2D eigenvalue weighted by atomic mass is 10.0. The van der Waals surface area contributed by atoms with E-state index in [0.29, 0.717) is 17.7 Å². The molecule has 0 radical (unpaired) electrons. The highest BCUT2D eigenvalue weighted by atomic mass is 35.5. The van der Waals surface area contributed by atoms with Crippen molar-refractivity contribution in [3.8, 4) is 16.9 Å². The van der Waals surface area contributed by atoms with Gasteiger partial charge in [-0.05, 0) is 52.1 Å². The van der Waals surface area contributed by atoms with Gasteiger partial charge in [0, 0.05) is 47.2 Å². The predicted molar refractivity (Wildman–Crippen MR) is 168 cm³/mol. The van der Waals surface area contributed by atoms with Gasteiger partial charge in [0.15, 0.2) is 11.6 Å². The summed E-state index contributed by atoms with van der Waals surface area (Å²) in [4.78, 5) is 38.6. The van der Waals surface area contributed by atoms with Crippen LogP contribution < -0.4 is 15.8 Å². The predicted octanol–water partition coefficient (Wildman–Crippen LogP) is 6.56. The molecule has 10 nitrogen and oxygen atoms in total. The van der Waals surface area contributed by atoms with Gasteiger partial charge in [-0.2, -0.15) is 31.4 Å². The zero-order valence-corrected chi connectivity index (χ0v) is 28.3. The molecule has 2 aromatic heterocycles.